The summed E-state index contributed by atoms with van der Waals surface area (Å²) in [6.07, 6.45) is 6.04. The number of carbonyl (C=O) groups is 2. The van der Waals surface area contributed by atoms with Crippen molar-refractivity contribution in [3.8, 4) is 0 Å². The van der Waals surface area contributed by atoms with Gasteiger partial charge in [-0.15, -0.1) is 10.2 Å². The third-order valence-electron chi connectivity index (χ3n) is 4.70. The number of aromatic nitrogens is 2. The lowest BCUT2D eigenvalue weighted by Gasteiger charge is -2.24. The van der Waals surface area contributed by atoms with E-state index >= 15 is 0 Å². The average molecular weight is 394 g/mol. The second-order valence-corrected chi connectivity index (χ2v) is 7.73. The molecule has 7 heteroatoms. The van der Waals surface area contributed by atoms with Crippen molar-refractivity contribution in [1.82, 2.24) is 10.2 Å². The van der Waals surface area contributed by atoms with E-state index in [0.717, 1.165) is 36.3 Å². The van der Waals surface area contributed by atoms with Gasteiger partial charge >= 0.3 is 5.97 Å². The fourth-order valence-electron chi connectivity index (χ4n) is 2.91. The van der Waals surface area contributed by atoms with Gasteiger partial charge in [-0.1, -0.05) is 55.9 Å². The smallest absolute Gasteiger partial charge is 0.307 e. The normalized spacial score (nSPS) is 13.9. The lowest BCUT2D eigenvalue weighted by molar-refractivity contribution is -0.145. The SMILES string of the molecule is C=C(CC/C=C(/C)CC)C(CC)C(CC(=O)Nc1nnc(CC)s1)C(=O)O. The van der Waals surface area contributed by atoms with Crippen molar-refractivity contribution in [2.45, 2.75) is 66.2 Å². The van der Waals surface area contributed by atoms with Crippen molar-refractivity contribution in [1.29, 1.82) is 0 Å². The Labute approximate surface area is 165 Å². The maximum absolute atomic E-state index is 12.3. The van der Waals surface area contributed by atoms with Crippen LogP contribution in [0, 0.1) is 11.8 Å². The molecule has 0 bridgehead atoms. The number of carbonyl (C=O) groups excluding carboxylic acids is 1. The lowest BCUT2D eigenvalue weighted by atomic mass is 9.80. The maximum atomic E-state index is 12.3. The van der Waals surface area contributed by atoms with Crippen molar-refractivity contribution in [3.63, 3.8) is 0 Å². The molecule has 0 aromatic carbocycles. The number of carboxylic acid groups (broad SMARTS) is 1. The largest absolute Gasteiger partial charge is 0.481 e. The van der Waals surface area contributed by atoms with Gasteiger partial charge in [-0.3, -0.25) is 9.59 Å². The predicted octanol–water partition coefficient (Wildman–Crippen LogP) is 4.85. The molecule has 6 nitrogen and oxygen atoms in total. The molecule has 1 amide bonds. The highest BCUT2D eigenvalue weighted by Crippen LogP contribution is 2.30. The summed E-state index contributed by atoms with van der Waals surface area (Å²) in [5.41, 5.74) is 2.20. The first-order chi connectivity index (χ1) is 12.8. The zero-order valence-electron chi connectivity index (χ0n) is 16.7. The van der Waals surface area contributed by atoms with E-state index < -0.39 is 11.9 Å². The Kier molecular flexibility index (Phi) is 9.93. The van der Waals surface area contributed by atoms with Gasteiger partial charge in [0, 0.05) is 6.42 Å². The average Bonchev–Trinajstić information content (AvgIpc) is 3.08. The first-order valence-corrected chi connectivity index (χ1v) is 10.3. The van der Waals surface area contributed by atoms with Gasteiger partial charge in [-0.25, -0.2) is 0 Å². The number of allylic oxidation sites excluding steroid dienone is 3. The second kappa shape index (κ2) is 11.6. The van der Waals surface area contributed by atoms with Crippen LogP contribution in [0.25, 0.3) is 0 Å². The summed E-state index contributed by atoms with van der Waals surface area (Å²) in [6, 6.07) is 0. The summed E-state index contributed by atoms with van der Waals surface area (Å²) in [7, 11) is 0. The van der Waals surface area contributed by atoms with Crippen LogP contribution in [0.3, 0.4) is 0 Å². The number of rotatable bonds is 12. The van der Waals surface area contributed by atoms with E-state index in [0.29, 0.717) is 11.6 Å². The summed E-state index contributed by atoms with van der Waals surface area (Å²) in [4.78, 5) is 24.1. The molecule has 0 aliphatic carbocycles. The summed E-state index contributed by atoms with van der Waals surface area (Å²) in [6.45, 7) is 12.2. The summed E-state index contributed by atoms with van der Waals surface area (Å²) in [5, 5.41) is 21.4. The van der Waals surface area contributed by atoms with E-state index in [2.05, 4.69) is 42.0 Å². The molecule has 0 aliphatic heterocycles. The molecular formula is C20H31N3O3S. The first-order valence-electron chi connectivity index (χ1n) is 9.50. The fraction of sp³-hybridized carbons (Fsp3) is 0.600. The van der Waals surface area contributed by atoms with E-state index in [-0.39, 0.29) is 18.2 Å². The van der Waals surface area contributed by atoms with Gasteiger partial charge in [0.25, 0.3) is 0 Å². The van der Waals surface area contributed by atoms with Crippen molar-refractivity contribution in [2.24, 2.45) is 11.8 Å². The van der Waals surface area contributed by atoms with Crippen LogP contribution in [0.4, 0.5) is 5.13 Å². The Morgan fingerprint density at radius 3 is 2.48 bits per heavy atom. The van der Waals surface area contributed by atoms with Crippen LogP contribution in [0.2, 0.25) is 0 Å². The molecule has 0 saturated heterocycles. The topological polar surface area (TPSA) is 92.2 Å². The van der Waals surface area contributed by atoms with Crippen LogP contribution >= 0.6 is 11.3 Å². The molecule has 0 spiro atoms. The number of amides is 1. The number of aryl methyl sites for hydroxylation is 1. The summed E-state index contributed by atoms with van der Waals surface area (Å²) >= 11 is 1.31. The molecule has 27 heavy (non-hydrogen) atoms. The van der Waals surface area contributed by atoms with Crippen molar-refractivity contribution < 1.29 is 14.7 Å². The van der Waals surface area contributed by atoms with Crippen LogP contribution in [0.15, 0.2) is 23.8 Å². The van der Waals surface area contributed by atoms with Gasteiger partial charge in [0.05, 0.1) is 5.92 Å². The Bertz CT molecular complexity index is 682. The molecule has 0 radical (unpaired) electrons. The van der Waals surface area contributed by atoms with Crippen LogP contribution in [0.5, 0.6) is 0 Å². The molecule has 2 unspecified atom stereocenters. The number of hydrogen-bond donors (Lipinski definition) is 2. The fourth-order valence-corrected chi connectivity index (χ4v) is 3.61. The zero-order chi connectivity index (χ0) is 20.4. The molecule has 1 aromatic heterocycles. The van der Waals surface area contributed by atoms with Crippen LogP contribution in [0.1, 0.15) is 64.8 Å². The van der Waals surface area contributed by atoms with E-state index in [1.54, 1.807) is 0 Å². The molecule has 0 aliphatic rings. The highest BCUT2D eigenvalue weighted by Gasteiger charge is 2.31. The molecule has 2 N–H and O–H groups in total. The highest BCUT2D eigenvalue weighted by molar-refractivity contribution is 7.15. The van der Waals surface area contributed by atoms with Crippen LogP contribution < -0.4 is 5.32 Å². The summed E-state index contributed by atoms with van der Waals surface area (Å²) in [5.74, 6) is -2.35. The third kappa shape index (κ3) is 7.62. The predicted molar refractivity (Wildman–Crippen MR) is 110 cm³/mol. The maximum Gasteiger partial charge on any atom is 0.307 e. The molecule has 0 fully saturated rings. The third-order valence-corrected chi connectivity index (χ3v) is 5.69. The monoisotopic (exact) mass is 393 g/mol. The van der Waals surface area contributed by atoms with E-state index in [4.69, 9.17) is 0 Å². The number of aliphatic carboxylic acids is 1. The molecule has 1 rings (SSSR count). The second-order valence-electron chi connectivity index (χ2n) is 6.67. The van der Waals surface area contributed by atoms with Crippen molar-refractivity contribution >= 4 is 28.3 Å². The lowest BCUT2D eigenvalue weighted by Crippen LogP contribution is -2.29. The minimum atomic E-state index is -0.968. The van der Waals surface area contributed by atoms with Gasteiger partial charge < -0.3 is 10.4 Å². The van der Waals surface area contributed by atoms with Gasteiger partial charge in [-0.2, -0.15) is 0 Å². The Hall–Kier alpha value is -2.02. The molecule has 0 saturated carbocycles. The van der Waals surface area contributed by atoms with Crippen molar-refractivity contribution in [2.75, 3.05) is 5.32 Å². The summed E-state index contributed by atoms with van der Waals surface area (Å²) < 4.78 is 0. The van der Waals surface area contributed by atoms with Gasteiger partial charge in [0.1, 0.15) is 5.01 Å². The quantitative estimate of drug-likeness (QED) is 0.495. The highest BCUT2D eigenvalue weighted by atomic mass is 32.1. The minimum Gasteiger partial charge on any atom is -0.481 e. The van der Waals surface area contributed by atoms with E-state index in [1.165, 1.54) is 16.9 Å². The van der Waals surface area contributed by atoms with Gasteiger partial charge in [0.15, 0.2) is 0 Å². The van der Waals surface area contributed by atoms with Gasteiger partial charge in [0.2, 0.25) is 11.0 Å². The number of anilines is 1. The molecule has 1 aromatic rings. The standard InChI is InChI=1S/C20H31N3O3S/c1-6-13(4)10-9-11-14(5)15(7-2)16(19(25)26)12-17(24)21-20-23-22-18(8-3)27-20/h10,15-16H,5-9,11-12H2,1-4H3,(H,25,26)(H,21,23,24)/b13-10-. The van der Waals surface area contributed by atoms with Crippen LogP contribution in [-0.2, 0) is 16.0 Å². The molecule has 2 atom stereocenters. The Morgan fingerprint density at radius 2 is 1.96 bits per heavy atom. The zero-order valence-corrected chi connectivity index (χ0v) is 17.6. The van der Waals surface area contributed by atoms with Crippen molar-refractivity contribution in [3.05, 3.63) is 28.8 Å². The first kappa shape index (κ1) is 23.0. The van der Waals surface area contributed by atoms with Gasteiger partial charge in [-0.05, 0) is 44.9 Å². The Morgan fingerprint density at radius 1 is 1.26 bits per heavy atom. The minimum absolute atomic E-state index is 0.0995. The molecular weight excluding hydrogens is 362 g/mol. The number of nitrogens with one attached hydrogen (secondary N) is 1. The molecule has 1 heterocycles. The Balaban J connectivity index is 2.73. The molecule has 150 valence electrons. The van der Waals surface area contributed by atoms with Crippen LogP contribution in [-0.4, -0.2) is 27.2 Å². The van der Waals surface area contributed by atoms with E-state index in [9.17, 15) is 14.7 Å². The number of hydrogen-bond acceptors (Lipinski definition) is 5. The number of nitrogens with zero attached hydrogens (tertiary/aromatic N) is 2. The van der Waals surface area contributed by atoms with E-state index in [1.807, 2.05) is 13.8 Å². The number of carboxylic acids is 1.